The van der Waals surface area contributed by atoms with E-state index in [1.807, 2.05) is 43.3 Å². The van der Waals surface area contributed by atoms with Gasteiger partial charge in [0.2, 0.25) is 0 Å². The molecule has 1 fully saturated rings. The molecule has 0 saturated heterocycles. The van der Waals surface area contributed by atoms with Gasteiger partial charge in [-0.05, 0) is 69.4 Å². The Bertz CT molecular complexity index is 704. The maximum atomic E-state index is 12.1. The number of nitrogens with one attached hydrogen (secondary N) is 2. The lowest BCUT2D eigenvalue weighted by atomic mass is 9.93. The van der Waals surface area contributed by atoms with Crippen molar-refractivity contribution in [3.63, 3.8) is 0 Å². The van der Waals surface area contributed by atoms with E-state index in [9.17, 15) is 4.79 Å². The summed E-state index contributed by atoms with van der Waals surface area (Å²) in [4.78, 5) is 12.1. The molecule has 3 rings (SSSR count). The molecule has 1 aliphatic rings. The van der Waals surface area contributed by atoms with E-state index < -0.39 is 0 Å². The third kappa shape index (κ3) is 5.24. The fourth-order valence-corrected chi connectivity index (χ4v) is 3.21. The van der Waals surface area contributed by atoms with Crippen molar-refractivity contribution in [3.8, 4) is 5.75 Å². The highest BCUT2D eigenvalue weighted by molar-refractivity contribution is 5.89. The molecule has 1 saturated carbocycles. The third-order valence-corrected chi connectivity index (χ3v) is 4.61. The van der Waals surface area contributed by atoms with Crippen LogP contribution in [-0.2, 0) is 0 Å². The summed E-state index contributed by atoms with van der Waals surface area (Å²) in [5.74, 6) is 0.930. The minimum absolute atomic E-state index is 0.131. The lowest BCUT2D eigenvalue weighted by Crippen LogP contribution is -2.41. The standard InChI is InChI=1S/C21H26N2O2/c1-15-6-10-19(11-7-15)25-20-12-8-17(9-13-20)22-21(24)23-18-5-3-4-16(2)14-18/h3-7,10-11,14,17,20H,8-9,12-13H2,1-2H3,(H2,22,23,24). The van der Waals surface area contributed by atoms with E-state index in [0.29, 0.717) is 0 Å². The van der Waals surface area contributed by atoms with E-state index in [-0.39, 0.29) is 18.2 Å². The summed E-state index contributed by atoms with van der Waals surface area (Å²) in [6.45, 7) is 4.08. The monoisotopic (exact) mass is 338 g/mol. The van der Waals surface area contributed by atoms with Crippen LogP contribution in [0.5, 0.6) is 5.75 Å². The largest absolute Gasteiger partial charge is 0.490 e. The zero-order valence-corrected chi connectivity index (χ0v) is 14.9. The molecule has 2 N–H and O–H groups in total. The number of benzene rings is 2. The Balaban J connectivity index is 1.42. The van der Waals surface area contributed by atoms with Crippen LogP contribution < -0.4 is 15.4 Å². The van der Waals surface area contributed by atoms with Gasteiger partial charge in [-0.3, -0.25) is 0 Å². The van der Waals surface area contributed by atoms with Crippen molar-refractivity contribution in [2.75, 3.05) is 5.32 Å². The van der Waals surface area contributed by atoms with Gasteiger partial charge in [0.15, 0.2) is 0 Å². The number of hydrogen-bond acceptors (Lipinski definition) is 2. The molecule has 0 spiro atoms. The summed E-state index contributed by atoms with van der Waals surface area (Å²) in [6.07, 6.45) is 4.04. The molecule has 1 aliphatic carbocycles. The molecule has 0 atom stereocenters. The molecule has 0 aliphatic heterocycles. The van der Waals surface area contributed by atoms with Crippen LogP contribution in [0.25, 0.3) is 0 Å². The Hall–Kier alpha value is -2.49. The summed E-state index contributed by atoms with van der Waals surface area (Å²) < 4.78 is 6.04. The zero-order valence-electron chi connectivity index (χ0n) is 14.9. The Labute approximate surface area is 149 Å². The van der Waals surface area contributed by atoms with Crippen LogP contribution in [0.3, 0.4) is 0 Å². The van der Waals surface area contributed by atoms with Gasteiger partial charge in [0.1, 0.15) is 5.75 Å². The first-order valence-corrected chi connectivity index (χ1v) is 8.96. The maximum Gasteiger partial charge on any atom is 0.319 e. The first-order valence-electron chi connectivity index (χ1n) is 8.96. The number of anilines is 1. The summed E-state index contributed by atoms with van der Waals surface area (Å²) >= 11 is 0. The predicted octanol–water partition coefficient (Wildman–Crippen LogP) is 4.82. The second kappa shape index (κ2) is 8.06. The van der Waals surface area contributed by atoms with Crippen LogP contribution >= 0.6 is 0 Å². The highest BCUT2D eigenvalue weighted by atomic mass is 16.5. The van der Waals surface area contributed by atoms with Gasteiger partial charge in [-0.2, -0.15) is 0 Å². The van der Waals surface area contributed by atoms with Gasteiger partial charge >= 0.3 is 6.03 Å². The van der Waals surface area contributed by atoms with E-state index in [4.69, 9.17) is 4.74 Å². The Morgan fingerprint density at radius 2 is 1.68 bits per heavy atom. The zero-order chi connectivity index (χ0) is 17.6. The van der Waals surface area contributed by atoms with Gasteiger partial charge in [-0.15, -0.1) is 0 Å². The van der Waals surface area contributed by atoms with Gasteiger partial charge in [-0.25, -0.2) is 4.79 Å². The topological polar surface area (TPSA) is 50.4 Å². The number of aryl methyl sites for hydroxylation is 2. The third-order valence-electron chi connectivity index (χ3n) is 4.61. The van der Waals surface area contributed by atoms with Gasteiger partial charge in [-0.1, -0.05) is 29.8 Å². The van der Waals surface area contributed by atoms with Gasteiger partial charge < -0.3 is 15.4 Å². The number of urea groups is 1. The van der Waals surface area contributed by atoms with Crippen molar-refractivity contribution in [2.45, 2.75) is 51.7 Å². The summed E-state index contributed by atoms with van der Waals surface area (Å²) in [5.41, 5.74) is 3.19. The van der Waals surface area contributed by atoms with Crippen LogP contribution in [0.4, 0.5) is 10.5 Å². The summed E-state index contributed by atoms with van der Waals surface area (Å²) in [7, 11) is 0. The van der Waals surface area contributed by atoms with Crippen LogP contribution in [0, 0.1) is 13.8 Å². The fourth-order valence-electron chi connectivity index (χ4n) is 3.21. The number of carbonyl (C=O) groups is 1. The summed E-state index contributed by atoms with van der Waals surface area (Å²) in [6, 6.07) is 16.1. The van der Waals surface area contributed by atoms with E-state index in [0.717, 1.165) is 42.7 Å². The average Bonchev–Trinajstić information content (AvgIpc) is 2.59. The van der Waals surface area contributed by atoms with E-state index in [1.165, 1.54) is 5.56 Å². The predicted molar refractivity (Wildman–Crippen MR) is 101 cm³/mol. The molecule has 132 valence electrons. The second-order valence-electron chi connectivity index (χ2n) is 6.87. The Morgan fingerprint density at radius 3 is 2.36 bits per heavy atom. The molecular weight excluding hydrogens is 312 g/mol. The number of amides is 2. The lowest BCUT2D eigenvalue weighted by molar-refractivity contribution is 0.141. The van der Waals surface area contributed by atoms with E-state index in [2.05, 4.69) is 29.7 Å². The van der Waals surface area contributed by atoms with Crippen LogP contribution in [0.2, 0.25) is 0 Å². The highest BCUT2D eigenvalue weighted by Crippen LogP contribution is 2.24. The first kappa shape index (κ1) is 17.3. The Morgan fingerprint density at radius 1 is 0.960 bits per heavy atom. The second-order valence-corrected chi connectivity index (χ2v) is 6.87. The van der Waals surface area contributed by atoms with Crippen molar-refractivity contribution >= 4 is 11.7 Å². The quantitative estimate of drug-likeness (QED) is 0.840. The van der Waals surface area contributed by atoms with Gasteiger partial charge in [0.25, 0.3) is 0 Å². The molecular formula is C21H26N2O2. The normalized spacial score (nSPS) is 19.9. The lowest BCUT2D eigenvalue weighted by Gasteiger charge is -2.29. The number of rotatable bonds is 4. The molecule has 0 heterocycles. The van der Waals surface area contributed by atoms with E-state index >= 15 is 0 Å². The van der Waals surface area contributed by atoms with Crippen molar-refractivity contribution in [1.82, 2.24) is 5.32 Å². The molecule has 0 radical (unpaired) electrons. The van der Waals surface area contributed by atoms with E-state index in [1.54, 1.807) is 0 Å². The highest BCUT2D eigenvalue weighted by Gasteiger charge is 2.23. The molecule has 2 aromatic carbocycles. The molecule has 2 amide bonds. The number of carbonyl (C=O) groups excluding carboxylic acids is 1. The van der Waals surface area contributed by atoms with Crippen LogP contribution in [0.15, 0.2) is 48.5 Å². The van der Waals surface area contributed by atoms with Crippen molar-refractivity contribution in [2.24, 2.45) is 0 Å². The molecule has 0 bridgehead atoms. The summed E-state index contributed by atoms with van der Waals surface area (Å²) in [5, 5.41) is 5.98. The first-order chi connectivity index (χ1) is 12.1. The van der Waals surface area contributed by atoms with Gasteiger partial charge in [0.05, 0.1) is 6.10 Å². The van der Waals surface area contributed by atoms with Gasteiger partial charge in [0, 0.05) is 11.7 Å². The molecule has 4 nitrogen and oxygen atoms in total. The SMILES string of the molecule is Cc1ccc(OC2CCC(NC(=O)Nc3cccc(C)c3)CC2)cc1. The minimum Gasteiger partial charge on any atom is -0.490 e. The van der Waals surface area contributed by atoms with Crippen molar-refractivity contribution in [1.29, 1.82) is 0 Å². The van der Waals surface area contributed by atoms with Crippen LogP contribution in [0.1, 0.15) is 36.8 Å². The van der Waals surface area contributed by atoms with Crippen molar-refractivity contribution < 1.29 is 9.53 Å². The molecule has 4 heteroatoms. The minimum atomic E-state index is -0.131. The Kier molecular flexibility index (Phi) is 5.59. The number of hydrogen-bond donors (Lipinski definition) is 2. The maximum absolute atomic E-state index is 12.1. The smallest absolute Gasteiger partial charge is 0.319 e. The van der Waals surface area contributed by atoms with Crippen molar-refractivity contribution in [3.05, 3.63) is 59.7 Å². The molecule has 2 aromatic rings. The fraction of sp³-hybridized carbons (Fsp3) is 0.381. The molecule has 0 aromatic heterocycles. The van der Waals surface area contributed by atoms with Crippen LogP contribution in [-0.4, -0.2) is 18.2 Å². The number of ether oxygens (including phenoxy) is 1. The average molecular weight is 338 g/mol. The molecule has 0 unspecified atom stereocenters. The molecule has 25 heavy (non-hydrogen) atoms.